The first-order valence-electron chi connectivity index (χ1n) is 6.29. The molecule has 2 atom stereocenters. The zero-order chi connectivity index (χ0) is 11.5. The summed E-state index contributed by atoms with van der Waals surface area (Å²) in [5, 5.41) is 0. The summed E-state index contributed by atoms with van der Waals surface area (Å²) >= 11 is 0. The van der Waals surface area contributed by atoms with Gasteiger partial charge in [0.2, 0.25) is 0 Å². The van der Waals surface area contributed by atoms with Crippen molar-refractivity contribution in [2.75, 3.05) is 0 Å². The molecule has 1 saturated carbocycles. The zero-order valence-electron chi connectivity index (χ0n) is 10.2. The van der Waals surface area contributed by atoms with Crippen molar-refractivity contribution in [3.63, 3.8) is 0 Å². The molecule has 0 bridgehead atoms. The molecule has 0 aliphatic heterocycles. The van der Waals surface area contributed by atoms with Crippen LogP contribution in [-0.4, -0.2) is 5.78 Å². The number of Topliss-reactive ketones (excluding diaryl/α,β-unsaturated/α-hetero) is 1. The van der Waals surface area contributed by atoms with Crippen LogP contribution in [-0.2, 0) is 0 Å². The van der Waals surface area contributed by atoms with Crippen molar-refractivity contribution in [2.45, 2.75) is 45.4 Å². The van der Waals surface area contributed by atoms with Gasteiger partial charge >= 0.3 is 0 Å². The molecular formula is C15H20O. The second kappa shape index (κ2) is 4.82. The van der Waals surface area contributed by atoms with Gasteiger partial charge in [0.25, 0.3) is 0 Å². The van der Waals surface area contributed by atoms with Crippen LogP contribution < -0.4 is 0 Å². The third-order valence-corrected chi connectivity index (χ3v) is 3.86. The SMILES string of the molecule is CC(=O)c1ccc([C@@H]2CCCC[C@H]2C)cc1. The van der Waals surface area contributed by atoms with Gasteiger partial charge in [-0.25, -0.2) is 0 Å². The van der Waals surface area contributed by atoms with Crippen LogP contribution in [0.25, 0.3) is 0 Å². The van der Waals surface area contributed by atoms with Gasteiger partial charge in [-0.15, -0.1) is 0 Å². The summed E-state index contributed by atoms with van der Waals surface area (Å²) in [5.74, 6) is 1.65. The van der Waals surface area contributed by atoms with Crippen LogP contribution >= 0.6 is 0 Å². The van der Waals surface area contributed by atoms with E-state index in [1.807, 2.05) is 12.1 Å². The van der Waals surface area contributed by atoms with Crippen molar-refractivity contribution in [1.82, 2.24) is 0 Å². The predicted octanol–water partition coefficient (Wildman–Crippen LogP) is 4.18. The minimum absolute atomic E-state index is 0.156. The van der Waals surface area contributed by atoms with E-state index >= 15 is 0 Å². The Morgan fingerprint density at radius 1 is 1.12 bits per heavy atom. The van der Waals surface area contributed by atoms with Crippen molar-refractivity contribution in [3.05, 3.63) is 35.4 Å². The van der Waals surface area contributed by atoms with E-state index < -0.39 is 0 Å². The fourth-order valence-electron chi connectivity index (χ4n) is 2.78. The average molecular weight is 216 g/mol. The Hall–Kier alpha value is -1.11. The summed E-state index contributed by atoms with van der Waals surface area (Å²) in [5.41, 5.74) is 2.24. The van der Waals surface area contributed by atoms with Crippen LogP contribution in [0.15, 0.2) is 24.3 Å². The molecule has 1 aliphatic rings. The molecule has 1 aliphatic carbocycles. The van der Waals surface area contributed by atoms with Gasteiger partial charge < -0.3 is 0 Å². The number of rotatable bonds is 2. The molecule has 0 saturated heterocycles. The summed E-state index contributed by atoms with van der Waals surface area (Å²) in [6.07, 6.45) is 5.38. The van der Waals surface area contributed by atoms with Crippen molar-refractivity contribution in [2.24, 2.45) is 5.92 Å². The van der Waals surface area contributed by atoms with Gasteiger partial charge in [0.15, 0.2) is 5.78 Å². The van der Waals surface area contributed by atoms with E-state index in [4.69, 9.17) is 0 Å². The molecule has 16 heavy (non-hydrogen) atoms. The Balaban J connectivity index is 2.17. The fraction of sp³-hybridized carbons (Fsp3) is 0.533. The van der Waals surface area contributed by atoms with Gasteiger partial charge in [-0.3, -0.25) is 4.79 Å². The third-order valence-electron chi connectivity index (χ3n) is 3.86. The minimum Gasteiger partial charge on any atom is -0.295 e. The van der Waals surface area contributed by atoms with E-state index in [-0.39, 0.29) is 5.78 Å². The van der Waals surface area contributed by atoms with E-state index in [9.17, 15) is 4.79 Å². The van der Waals surface area contributed by atoms with Crippen molar-refractivity contribution < 1.29 is 4.79 Å². The Morgan fingerprint density at radius 3 is 2.31 bits per heavy atom. The van der Waals surface area contributed by atoms with Gasteiger partial charge in [-0.1, -0.05) is 50.5 Å². The maximum Gasteiger partial charge on any atom is 0.159 e. The Kier molecular flexibility index (Phi) is 3.42. The molecule has 0 unspecified atom stereocenters. The summed E-state index contributed by atoms with van der Waals surface area (Å²) in [7, 11) is 0. The van der Waals surface area contributed by atoms with E-state index in [2.05, 4.69) is 19.1 Å². The Morgan fingerprint density at radius 2 is 1.75 bits per heavy atom. The van der Waals surface area contributed by atoms with Gasteiger partial charge in [0.05, 0.1) is 0 Å². The van der Waals surface area contributed by atoms with Gasteiger partial charge in [0.1, 0.15) is 0 Å². The smallest absolute Gasteiger partial charge is 0.159 e. The molecule has 0 N–H and O–H groups in total. The summed E-state index contributed by atoms with van der Waals surface area (Å²) in [6, 6.07) is 8.23. The minimum atomic E-state index is 0.156. The third kappa shape index (κ3) is 2.34. The number of carbonyl (C=O) groups excluding carboxylic acids is 1. The molecule has 86 valence electrons. The molecule has 1 aromatic carbocycles. The van der Waals surface area contributed by atoms with E-state index in [1.54, 1.807) is 6.92 Å². The van der Waals surface area contributed by atoms with Crippen LogP contribution in [0.2, 0.25) is 0 Å². The lowest BCUT2D eigenvalue weighted by Gasteiger charge is -2.29. The maximum absolute atomic E-state index is 11.2. The van der Waals surface area contributed by atoms with Crippen LogP contribution in [0.1, 0.15) is 61.4 Å². The molecule has 1 nitrogen and oxygen atoms in total. The van der Waals surface area contributed by atoms with E-state index in [0.29, 0.717) is 5.92 Å². The first-order chi connectivity index (χ1) is 7.68. The zero-order valence-corrected chi connectivity index (χ0v) is 10.2. The predicted molar refractivity (Wildman–Crippen MR) is 66.8 cm³/mol. The van der Waals surface area contributed by atoms with Gasteiger partial charge in [-0.05, 0) is 30.7 Å². The first kappa shape index (κ1) is 11.4. The Labute approximate surface area is 97.9 Å². The highest BCUT2D eigenvalue weighted by molar-refractivity contribution is 5.94. The lowest BCUT2D eigenvalue weighted by Crippen LogP contribution is -2.14. The van der Waals surface area contributed by atoms with Gasteiger partial charge in [0, 0.05) is 5.56 Å². The largest absolute Gasteiger partial charge is 0.295 e. The van der Waals surface area contributed by atoms with Crippen LogP contribution in [0.3, 0.4) is 0 Å². The van der Waals surface area contributed by atoms with Crippen LogP contribution in [0.5, 0.6) is 0 Å². The van der Waals surface area contributed by atoms with E-state index in [1.165, 1.54) is 31.2 Å². The van der Waals surface area contributed by atoms with Crippen LogP contribution in [0.4, 0.5) is 0 Å². The summed E-state index contributed by atoms with van der Waals surface area (Å²) in [6.45, 7) is 3.97. The molecule has 1 fully saturated rings. The molecule has 1 aromatic rings. The Bertz CT molecular complexity index is 364. The molecule has 0 aromatic heterocycles. The fourth-order valence-corrected chi connectivity index (χ4v) is 2.78. The average Bonchev–Trinajstić information content (AvgIpc) is 2.30. The molecular weight excluding hydrogens is 196 g/mol. The van der Waals surface area contributed by atoms with Crippen molar-refractivity contribution in [3.8, 4) is 0 Å². The number of hydrogen-bond donors (Lipinski definition) is 0. The lowest BCUT2D eigenvalue weighted by molar-refractivity contribution is 0.101. The van der Waals surface area contributed by atoms with Crippen LogP contribution in [0, 0.1) is 5.92 Å². The highest BCUT2D eigenvalue weighted by Crippen LogP contribution is 2.37. The molecule has 0 amide bonds. The van der Waals surface area contributed by atoms with Gasteiger partial charge in [-0.2, -0.15) is 0 Å². The second-order valence-corrected chi connectivity index (χ2v) is 5.05. The van der Waals surface area contributed by atoms with E-state index in [0.717, 1.165) is 11.5 Å². The molecule has 0 radical (unpaired) electrons. The van der Waals surface area contributed by atoms with Crippen molar-refractivity contribution >= 4 is 5.78 Å². The molecule has 2 rings (SSSR count). The molecule has 1 heteroatoms. The highest BCUT2D eigenvalue weighted by Gasteiger charge is 2.22. The first-order valence-corrected chi connectivity index (χ1v) is 6.29. The lowest BCUT2D eigenvalue weighted by atomic mass is 9.76. The quantitative estimate of drug-likeness (QED) is 0.678. The number of ketones is 1. The number of carbonyl (C=O) groups is 1. The normalized spacial score (nSPS) is 25.4. The number of hydrogen-bond acceptors (Lipinski definition) is 1. The standard InChI is InChI=1S/C15H20O/c1-11-5-3-4-6-15(11)14-9-7-13(8-10-14)12(2)16/h7-11,15H,3-6H2,1-2H3/t11-,15-/m1/s1. The van der Waals surface area contributed by atoms with Crippen molar-refractivity contribution in [1.29, 1.82) is 0 Å². The maximum atomic E-state index is 11.2. The summed E-state index contributed by atoms with van der Waals surface area (Å²) < 4.78 is 0. The topological polar surface area (TPSA) is 17.1 Å². The second-order valence-electron chi connectivity index (χ2n) is 5.05. The number of benzene rings is 1. The highest BCUT2D eigenvalue weighted by atomic mass is 16.1. The molecule has 0 heterocycles. The molecule has 0 spiro atoms. The summed E-state index contributed by atoms with van der Waals surface area (Å²) in [4.78, 5) is 11.2. The monoisotopic (exact) mass is 216 g/mol.